The Bertz CT molecular complexity index is 424. The molecule has 3 nitrogen and oxygen atoms in total. The number of hydrogen-bond donors (Lipinski definition) is 1. The standard InChI is InChI=1S/C17H27N3/c1-17(2)7-9-20(10-8-17)13-16-4-3-14(12-19-16)11-18-15-5-6-15/h3-4,12,15,18H,5-11,13H2,1-2H3. The first-order chi connectivity index (χ1) is 9.61. The first-order valence-electron chi connectivity index (χ1n) is 8.00. The molecule has 0 atom stereocenters. The van der Waals surface area contributed by atoms with E-state index in [9.17, 15) is 0 Å². The summed E-state index contributed by atoms with van der Waals surface area (Å²) in [6, 6.07) is 5.20. The summed E-state index contributed by atoms with van der Waals surface area (Å²) in [5.41, 5.74) is 3.04. The molecule has 2 heterocycles. The Morgan fingerprint density at radius 2 is 2.00 bits per heavy atom. The summed E-state index contributed by atoms with van der Waals surface area (Å²) >= 11 is 0. The first-order valence-corrected chi connectivity index (χ1v) is 8.00. The van der Waals surface area contributed by atoms with E-state index < -0.39 is 0 Å². The predicted octanol–water partition coefficient (Wildman–Crippen LogP) is 2.96. The molecule has 1 aliphatic heterocycles. The van der Waals surface area contributed by atoms with E-state index in [0.717, 1.165) is 19.1 Å². The van der Waals surface area contributed by atoms with Gasteiger partial charge >= 0.3 is 0 Å². The lowest BCUT2D eigenvalue weighted by Crippen LogP contribution is -2.36. The maximum atomic E-state index is 4.63. The van der Waals surface area contributed by atoms with Crippen molar-refractivity contribution in [2.45, 2.75) is 58.7 Å². The van der Waals surface area contributed by atoms with Crippen LogP contribution in [0.15, 0.2) is 18.3 Å². The fraction of sp³-hybridized carbons (Fsp3) is 0.706. The van der Waals surface area contributed by atoms with Crippen molar-refractivity contribution in [1.82, 2.24) is 15.2 Å². The maximum absolute atomic E-state index is 4.63. The molecule has 20 heavy (non-hydrogen) atoms. The van der Waals surface area contributed by atoms with Gasteiger partial charge in [-0.1, -0.05) is 19.9 Å². The quantitative estimate of drug-likeness (QED) is 0.894. The van der Waals surface area contributed by atoms with Crippen LogP contribution in [0.5, 0.6) is 0 Å². The SMILES string of the molecule is CC1(C)CCN(Cc2ccc(CNC3CC3)cn2)CC1. The van der Waals surface area contributed by atoms with Gasteiger partial charge in [-0.05, 0) is 55.8 Å². The third kappa shape index (κ3) is 4.03. The van der Waals surface area contributed by atoms with E-state index in [1.165, 1.54) is 50.0 Å². The van der Waals surface area contributed by atoms with Crippen molar-refractivity contribution in [3.05, 3.63) is 29.6 Å². The molecule has 1 saturated heterocycles. The van der Waals surface area contributed by atoms with Gasteiger partial charge < -0.3 is 5.32 Å². The minimum atomic E-state index is 0.530. The molecule has 1 aromatic heterocycles. The molecular weight excluding hydrogens is 246 g/mol. The molecular formula is C17H27N3. The third-order valence-corrected chi connectivity index (χ3v) is 4.65. The second-order valence-electron chi connectivity index (χ2n) is 7.25. The van der Waals surface area contributed by atoms with Gasteiger partial charge in [-0.15, -0.1) is 0 Å². The highest BCUT2D eigenvalue weighted by Gasteiger charge is 2.25. The van der Waals surface area contributed by atoms with Crippen molar-refractivity contribution in [3.63, 3.8) is 0 Å². The van der Waals surface area contributed by atoms with E-state index in [-0.39, 0.29) is 0 Å². The highest BCUT2D eigenvalue weighted by Crippen LogP contribution is 2.30. The summed E-state index contributed by atoms with van der Waals surface area (Å²) in [5, 5.41) is 3.53. The smallest absolute Gasteiger partial charge is 0.0544 e. The fourth-order valence-corrected chi connectivity index (χ4v) is 2.75. The Labute approximate surface area is 122 Å². The van der Waals surface area contributed by atoms with Gasteiger partial charge in [0.05, 0.1) is 5.69 Å². The lowest BCUT2D eigenvalue weighted by molar-refractivity contribution is 0.126. The van der Waals surface area contributed by atoms with Gasteiger partial charge in [-0.2, -0.15) is 0 Å². The molecule has 1 saturated carbocycles. The summed E-state index contributed by atoms with van der Waals surface area (Å²) in [5.74, 6) is 0. The topological polar surface area (TPSA) is 28.2 Å². The Balaban J connectivity index is 1.47. The van der Waals surface area contributed by atoms with Crippen LogP contribution < -0.4 is 5.32 Å². The maximum Gasteiger partial charge on any atom is 0.0544 e. The second-order valence-corrected chi connectivity index (χ2v) is 7.25. The molecule has 3 heteroatoms. The molecule has 3 rings (SSSR count). The number of rotatable bonds is 5. The molecule has 0 radical (unpaired) electrons. The second kappa shape index (κ2) is 5.82. The minimum absolute atomic E-state index is 0.530. The number of likely N-dealkylation sites (tertiary alicyclic amines) is 1. The van der Waals surface area contributed by atoms with Crippen LogP contribution >= 0.6 is 0 Å². The van der Waals surface area contributed by atoms with E-state index in [0.29, 0.717) is 5.41 Å². The minimum Gasteiger partial charge on any atom is -0.310 e. The molecule has 0 spiro atoms. The van der Waals surface area contributed by atoms with Gasteiger partial charge in [-0.25, -0.2) is 0 Å². The van der Waals surface area contributed by atoms with Crippen LogP contribution in [0.3, 0.4) is 0 Å². The molecule has 0 bridgehead atoms. The van der Waals surface area contributed by atoms with Crippen molar-refractivity contribution in [2.75, 3.05) is 13.1 Å². The van der Waals surface area contributed by atoms with Crippen LogP contribution in [-0.2, 0) is 13.1 Å². The van der Waals surface area contributed by atoms with Crippen LogP contribution in [-0.4, -0.2) is 29.0 Å². The van der Waals surface area contributed by atoms with Crippen molar-refractivity contribution in [2.24, 2.45) is 5.41 Å². The molecule has 1 aliphatic carbocycles. The average molecular weight is 273 g/mol. The lowest BCUT2D eigenvalue weighted by Gasteiger charge is -2.36. The Morgan fingerprint density at radius 1 is 1.25 bits per heavy atom. The molecule has 1 N–H and O–H groups in total. The van der Waals surface area contributed by atoms with Gasteiger partial charge in [0, 0.05) is 25.3 Å². The summed E-state index contributed by atoms with van der Waals surface area (Å²) < 4.78 is 0. The predicted molar refractivity (Wildman–Crippen MR) is 82.4 cm³/mol. The van der Waals surface area contributed by atoms with Crippen molar-refractivity contribution in [3.8, 4) is 0 Å². The molecule has 0 unspecified atom stereocenters. The zero-order valence-corrected chi connectivity index (χ0v) is 12.9. The average Bonchev–Trinajstić information content (AvgIpc) is 3.25. The van der Waals surface area contributed by atoms with Crippen LogP contribution in [0.25, 0.3) is 0 Å². The number of piperidine rings is 1. The largest absolute Gasteiger partial charge is 0.310 e. The highest BCUT2D eigenvalue weighted by atomic mass is 15.1. The van der Waals surface area contributed by atoms with E-state index in [1.807, 2.05) is 6.20 Å². The lowest BCUT2D eigenvalue weighted by atomic mass is 9.83. The summed E-state index contributed by atoms with van der Waals surface area (Å²) in [4.78, 5) is 7.16. The van der Waals surface area contributed by atoms with Crippen molar-refractivity contribution < 1.29 is 0 Å². The zero-order chi connectivity index (χ0) is 14.0. The Morgan fingerprint density at radius 3 is 2.60 bits per heavy atom. The molecule has 0 amide bonds. The van der Waals surface area contributed by atoms with E-state index in [2.05, 4.69) is 41.2 Å². The summed E-state index contributed by atoms with van der Waals surface area (Å²) in [7, 11) is 0. The Kier molecular flexibility index (Phi) is 4.08. The number of nitrogens with zero attached hydrogens (tertiary/aromatic N) is 2. The molecule has 1 aromatic rings. The van der Waals surface area contributed by atoms with Crippen molar-refractivity contribution in [1.29, 1.82) is 0 Å². The van der Waals surface area contributed by atoms with E-state index in [4.69, 9.17) is 0 Å². The van der Waals surface area contributed by atoms with Gasteiger partial charge in [0.15, 0.2) is 0 Å². The van der Waals surface area contributed by atoms with Gasteiger partial charge in [0.25, 0.3) is 0 Å². The molecule has 2 aliphatic rings. The first kappa shape index (κ1) is 14.0. The third-order valence-electron chi connectivity index (χ3n) is 4.65. The summed E-state index contributed by atoms with van der Waals surface area (Å²) in [6.45, 7) is 9.15. The van der Waals surface area contributed by atoms with Crippen molar-refractivity contribution >= 4 is 0 Å². The zero-order valence-electron chi connectivity index (χ0n) is 12.9. The van der Waals surface area contributed by atoms with Crippen LogP contribution in [0.1, 0.15) is 50.8 Å². The highest BCUT2D eigenvalue weighted by molar-refractivity contribution is 5.14. The fourth-order valence-electron chi connectivity index (χ4n) is 2.75. The van der Waals surface area contributed by atoms with E-state index in [1.54, 1.807) is 0 Å². The number of nitrogens with one attached hydrogen (secondary N) is 1. The van der Waals surface area contributed by atoms with Crippen LogP contribution in [0.2, 0.25) is 0 Å². The molecule has 110 valence electrons. The van der Waals surface area contributed by atoms with Gasteiger partial charge in [0.1, 0.15) is 0 Å². The Hall–Kier alpha value is -0.930. The number of aromatic nitrogens is 1. The normalized spacial score (nSPS) is 22.9. The molecule has 0 aromatic carbocycles. The van der Waals surface area contributed by atoms with Gasteiger partial charge in [0.2, 0.25) is 0 Å². The number of pyridine rings is 1. The monoisotopic (exact) mass is 273 g/mol. The van der Waals surface area contributed by atoms with Gasteiger partial charge in [-0.3, -0.25) is 9.88 Å². The van der Waals surface area contributed by atoms with Crippen LogP contribution in [0.4, 0.5) is 0 Å². The number of hydrogen-bond acceptors (Lipinski definition) is 3. The summed E-state index contributed by atoms with van der Waals surface area (Å²) in [6.07, 6.45) is 7.33. The van der Waals surface area contributed by atoms with Crippen LogP contribution in [0, 0.1) is 5.41 Å². The van der Waals surface area contributed by atoms with E-state index >= 15 is 0 Å². The molecule has 2 fully saturated rings.